The zero-order valence-corrected chi connectivity index (χ0v) is 30.8. The van der Waals surface area contributed by atoms with Crippen molar-refractivity contribution in [1.29, 1.82) is 0 Å². The molecule has 11 nitrogen and oxygen atoms in total. The third-order valence-electron chi connectivity index (χ3n) is 7.38. The van der Waals surface area contributed by atoms with Crippen LogP contribution in [0.25, 0.3) is 0 Å². The molecule has 0 rings (SSSR count). The molecular weight excluding hydrogens is 573 g/mol. The van der Waals surface area contributed by atoms with Gasteiger partial charge in [0.2, 0.25) is 0 Å². The molecule has 0 saturated carbocycles. The van der Waals surface area contributed by atoms with Crippen molar-refractivity contribution in [2.45, 2.75) is 81.3 Å². The van der Waals surface area contributed by atoms with E-state index in [-0.39, 0.29) is 9.52 Å². The second-order valence-corrected chi connectivity index (χ2v) is 20.9. The van der Waals surface area contributed by atoms with Crippen molar-refractivity contribution >= 4 is 35.9 Å². The van der Waals surface area contributed by atoms with Crippen LogP contribution in [0.2, 0.25) is 24.2 Å². The van der Waals surface area contributed by atoms with E-state index in [1.54, 1.807) is 64.0 Å². The summed E-state index contributed by atoms with van der Waals surface area (Å²) in [6.45, 7) is 1.80. The van der Waals surface area contributed by atoms with Gasteiger partial charge in [0, 0.05) is 87.9 Å². The smallest absolute Gasteiger partial charge is 0.377 e. The molecule has 0 aromatic rings. The lowest BCUT2D eigenvalue weighted by Gasteiger charge is -2.26. The molecule has 0 aromatic heterocycles. The van der Waals surface area contributed by atoms with Gasteiger partial charge in [0.1, 0.15) is 0 Å². The Labute approximate surface area is 244 Å². The fraction of sp³-hybridized carbons (Fsp3) is 1.00. The summed E-state index contributed by atoms with van der Waals surface area (Å²) >= 11 is 0. The van der Waals surface area contributed by atoms with Crippen LogP contribution in [0.4, 0.5) is 0 Å². The summed E-state index contributed by atoms with van der Waals surface area (Å²) in [6.07, 6.45) is 9.27. The molecule has 0 unspecified atom stereocenters. The molecule has 0 aliphatic rings. The highest BCUT2D eigenvalue weighted by atomic mass is 28.4. The van der Waals surface area contributed by atoms with E-state index in [9.17, 15) is 0 Å². The van der Waals surface area contributed by atoms with E-state index in [2.05, 4.69) is 10.6 Å². The van der Waals surface area contributed by atoms with Gasteiger partial charge in [-0.05, 0) is 32.4 Å². The third kappa shape index (κ3) is 16.0. The summed E-state index contributed by atoms with van der Waals surface area (Å²) in [4.78, 5) is 0. The molecule has 0 heterocycles. The molecular formula is C24H60N2O9Si4. The van der Waals surface area contributed by atoms with E-state index in [1.807, 2.05) is 0 Å². The van der Waals surface area contributed by atoms with Gasteiger partial charge in [0.05, 0.1) is 9.52 Å². The Hall–Kier alpha value is 0.428. The predicted octanol–water partition coefficient (Wildman–Crippen LogP) is 2.79. The first-order valence-electron chi connectivity index (χ1n) is 14.3. The van der Waals surface area contributed by atoms with Crippen molar-refractivity contribution in [2.75, 3.05) is 77.1 Å². The maximum atomic E-state index is 5.56. The van der Waals surface area contributed by atoms with Crippen molar-refractivity contribution in [1.82, 2.24) is 10.6 Å². The Morgan fingerprint density at radius 3 is 1.10 bits per heavy atom. The molecule has 0 aliphatic heterocycles. The molecule has 0 spiro atoms. The molecule has 0 aromatic carbocycles. The summed E-state index contributed by atoms with van der Waals surface area (Å²) in [5.74, 6) is 0.382. The Bertz CT molecular complexity index is 509. The SMILES string of the molecule is CO[Si](CCCCCCCC[SiH2]C(NCCC[Si](OC)(OC)OC)NCCC[Si](OC)(OC)OC)(OC)OC. The van der Waals surface area contributed by atoms with Gasteiger partial charge >= 0.3 is 26.4 Å². The van der Waals surface area contributed by atoms with Gasteiger partial charge in [0.25, 0.3) is 0 Å². The van der Waals surface area contributed by atoms with Crippen LogP contribution in [-0.2, 0) is 39.8 Å². The highest BCUT2D eigenvalue weighted by molar-refractivity contribution is 6.61. The first-order valence-corrected chi connectivity index (χ1v) is 21.9. The fourth-order valence-electron chi connectivity index (χ4n) is 4.68. The van der Waals surface area contributed by atoms with Crippen LogP contribution >= 0.6 is 0 Å². The summed E-state index contributed by atoms with van der Waals surface area (Å²) in [5, 5.41) is 7.49. The minimum absolute atomic E-state index is 0.334. The maximum absolute atomic E-state index is 5.56. The number of hydrogen-bond acceptors (Lipinski definition) is 11. The van der Waals surface area contributed by atoms with E-state index in [0.717, 1.165) is 50.5 Å². The van der Waals surface area contributed by atoms with Crippen molar-refractivity contribution in [3.8, 4) is 0 Å². The number of hydrogen-bond donors (Lipinski definition) is 2. The van der Waals surface area contributed by atoms with Gasteiger partial charge in [-0.1, -0.05) is 38.1 Å². The van der Waals surface area contributed by atoms with Gasteiger partial charge in [-0.15, -0.1) is 0 Å². The quantitative estimate of drug-likeness (QED) is 0.0722. The van der Waals surface area contributed by atoms with Gasteiger partial charge in [-0.25, -0.2) is 0 Å². The fourth-order valence-corrected chi connectivity index (χ4v) is 11.8. The standard InChI is InChI=1S/C24H60N2O9Si4/c1-27-37(28-2,29-3)21-15-13-11-10-12-14-20-36-24(25-18-16-22-38(30-4,31-5)32-6)26-19-17-23-39(33-7,34-8)35-9/h24-26H,10-23,36H2,1-9H3. The predicted molar refractivity (Wildman–Crippen MR) is 165 cm³/mol. The van der Waals surface area contributed by atoms with Crippen LogP contribution < -0.4 is 10.6 Å². The molecule has 15 heteroatoms. The lowest BCUT2D eigenvalue weighted by atomic mass is 10.1. The average Bonchev–Trinajstić information content (AvgIpc) is 2.99. The Morgan fingerprint density at radius 2 is 0.744 bits per heavy atom. The molecule has 0 aliphatic carbocycles. The number of nitrogens with one attached hydrogen (secondary N) is 2. The van der Waals surface area contributed by atoms with Gasteiger partial charge < -0.3 is 50.5 Å². The summed E-state index contributed by atoms with van der Waals surface area (Å²) in [7, 11) is 7.25. The van der Waals surface area contributed by atoms with E-state index < -0.39 is 26.4 Å². The Kier molecular flexibility index (Phi) is 24.2. The van der Waals surface area contributed by atoms with Crippen molar-refractivity contribution in [2.24, 2.45) is 0 Å². The van der Waals surface area contributed by atoms with E-state index >= 15 is 0 Å². The van der Waals surface area contributed by atoms with Crippen LogP contribution in [0, 0.1) is 0 Å². The molecule has 39 heavy (non-hydrogen) atoms. The minimum Gasteiger partial charge on any atom is -0.377 e. The van der Waals surface area contributed by atoms with Crippen LogP contribution in [0.1, 0.15) is 51.4 Å². The maximum Gasteiger partial charge on any atom is 0.500 e. The second kappa shape index (κ2) is 23.9. The van der Waals surface area contributed by atoms with Gasteiger partial charge in [0.15, 0.2) is 0 Å². The van der Waals surface area contributed by atoms with Crippen molar-refractivity contribution in [3.05, 3.63) is 0 Å². The highest BCUT2D eigenvalue weighted by Gasteiger charge is 2.38. The van der Waals surface area contributed by atoms with Gasteiger partial charge in [-0.3, -0.25) is 0 Å². The largest absolute Gasteiger partial charge is 0.500 e. The molecule has 0 bridgehead atoms. The lowest BCUT2D eigenvalue weighted by molar-refractivity contribution is 0.122. The van der Waals surface area contributed by atoms with Gasteiger partial charge in [-0.2, -0.15) is 0 Å². The number of rotatable bonds is 29. The second-order valence-electron chi connectivity index (χ2n) is 9.57. The zero-order chi connectivity index (χ0) is 29.5. The van der Waals surface area contributed by atoms with Crippen molar-refractivity contribution in [3.63, 3.8) is 0 Å². The van der Waals surface area contributed by atoms with Crippen LogP contribution in [0.5, 0.6) is 0 Å². The number of unbranched alkanes of at least 4 members (excludes halogenated alkanes) is 5. The molecule has 0 atom stereocenters. The zero-order valence-electron chi connectivity index (χ0n) is 26.4. The van der Waals surface area contributed by atoms with E-state index in [0.29, 0.717) is 5.79 Å². The van der Waals surface area contributed by atoms with Crippen LogP contribution in [-0.4, -0.2) is 119 Å². The summed E-state index contributed by atoms with van der Waals surface area (Å²) in [6, 6.07) is 3.79. The van der Waals surface area contributed by atoms with Crippen molar-refractivity contribution < 1.29 is 39.8 Å². The molecule has 0 fully saturated rings. The summed E-state index contributed by atoms with van der Waals surface area (Å²) < 4.78 is 49.9. The molecule has 236 valence electrons. The minimum atomic E-state index is -2.53. The first-order chi connectivity index (χ1) is 18.8. The first kappa shape index (κ1) is 39.4. The molecule has 0 saturated heterocycles. The molecule has 0 radical (unpaired) electrons. The highest BCUT2D eigenvalue weighted by Crippen LogP contribution is 2.19. The Balaban J connectivity index is 4.45. The lowest BCUT2D eigenvalue weighted by Crippen LogP contribution is -2.49. The van der Waals surface area contributed by atoms with E-state index in [4.69, 9.17) is 39.8 Å². The average molecular weight is 633 g/mol. The molecule has 2 N–H and O–H groups in total. The summed E-state index contributed by atoms with van der Waals surface area (Å²) in [5.41, 5.74) is 0. The third-order valence-corrected chi connectivity index (χ3v) is 17.9. The monoisotopic (exact) mass is 632 g/mol. The topological polar surface area (TPSA) is 107 Å². The normalized spacial score (nSPS) is 13.4. The Morgan fingerprint density at radius 1 is 0.436 bits per heavy atom. The van der Waals surface area contributed by atoms with Crippen LogP contribution in [0.15, 0.2) is 0 Å². The van der Waals surface area contributed by atoms with E-state index in [1.165, 1.54) is 38.1 Å². The van der Waals surface area contributed by atoms with Crippen LogP contribution in [0.3, 0.4) is 0 Å². The molecule has 0 amide bonds.